The Balaban J connectivity index is 1.54. The highest BCUT2D eigenvalue weighted by Crippen LogP contribution is 2.29. The second kappa shape index (κ2) is 10.4. The Kier molecular flexibility index (Phi) is 6.89. The largest absolute Gasteiger partial charge is 0.321 e. The average molecular weight is 454 g/mol. The molecule has 4 aromatic carbocycles. The lowest BCUT2D eigenvalue weighted by molar-refractivity contribution is -0.112. The van der Waals surface area contributed by atoms with Crippen molar-refractivity contribution in [2.24, 2.45) is 0 Å². The zero-order valence-electron chi connectivity index (χ0n) is 18.0. The van der Waals surface area contributed by atoms with E-state index in [1.807, 2.05) is 24.3 Å². The SMILES string of the molecule is O=C(/C=C\c1ccc(F)cc1)Nc1cc2ccccc2cc1NC(=O)/C=C\c1ccc(F)cc1. The molecule has 0 aromatic heterocycles. The Hall–Kier alpha value is -4.58. The quantitative estimate of drug-likeness (QED) is 0.330. The van der Waals surface area contributed by atoms with Crippen molar-refractivity contribution in [1.29, 1.82) is 0 Å². The Morgan fingerprint density at radius 2 is 0.971 bits per heavy atom. The molecular formula is C28H20F2N2O2. The van der Waals surface area contributed by atoms with Gasteiger partial charge in [-0.3, -0.25) is 9.59 Å². The lowest BCUT2D eigenvalue weighted by Crippen LogP contribution is -2.13. The third kappa shape index (κ3) is 6.01. The number of carbonyl (C=O) groups excluding carboxylic acids is 2. The van der Waals surface area contributed by atoms with Crippen LogP contribution in [-0.2, 0) is 9.59 Å². The molecule has 0 radical (unpaired) electrons. The molecule has 2 amide bonds. The van der Waals surface area contributed by atoms with Gasteiger partial charge in [-0.15, -0.1) is 0 Å². The van der Waals surface area contributed by atoms with Crippen LogP contribution in [0.5, 0.6) is 0 Å². The number of rotatable bonds is 6. The van der Waals surface area contributed by atoms with Gasteiger partial charge in [0.15, 0.2) is 0 Å². The molecule has 0 spiro atoms. The van der Waals surface area contributed by atoms with E-state index in [2.05, 4.69) is 10.6 Å². The molecule has 0 aliphatic heterocycles. The second-order valence-electron chi connectivity index (χ2n) is 7.49. The minimum atomic E-state index is -0.406. The van der Waals surface area contributed by atoms with Crippen molar-refractivity contribution < 1.29 is 18.4 Å². The van der Waals surface area contributed by atoms with Gasteiger partial charge in [-0.1, -0.05) is 48.5 Å². The van der Waals surface area contributed by atoms with Crippen molar-refractivity contribution in [2.75, 3.05) is 10.6 Å². The van der Waals surface area contributed by atoms with E-state index in [0.717, 1.165) is 10.8 Å². The van der Waals surface area contributed by atoms with E-state index < -0.39 is 11.8 Å². The number of anilines is 2. The number of carbonyl (C=O) groups is 2. The van der Waals surface area contributed by atoms with Gasteiger partial charge in [-0.2, -0.15) is 0 Å². The topological polar surface area (TPSA) is 58.2 Å². The molecule has 168 valence electrons. The highest BCUT2D eigenvalue weighted by Gasteiger charge is 2.10. The molecule has 0 unspecified atom stereocenters. The number of halogens is 2. The monoisotopic (exact) mass is 454 g/mol. The molecule has 4 aromatic rings. The maximum absolute atomic E-state index is 13.1. The molecule has 0 atom stereocenters. The summed E-state index contributed by atoms with van der Waals surface area (Å²) in [6, 6.07) is 22.6. The van der Waals surface area contributed by atoms with Crippen molar-refractivity contribution in [1.82, 2.24) is 0 Å². The van der Waals surface area contributed by atoms with Crippen LogP contribution in [0.1, 0.15) is 11.1 Å². The van der Waals surface area contributed by atoms with Crippen LogP contribution >= 0.6 is 0 Å². The summed E-state index contributed by atoms with van der Waals surface area (Å²) in [6.07, 6.45) is 5.81. The highest BCUT2D eigenvalue weighted by atomic mass is 19.1. The third-order valence-corrected chi connectivity index (χ3v) is 5.00. The molecule has 4 nitrogen and oxygen atoms in total. The van der Waals surface area contributed by atoms with Crippen molar-refractivity contribution >= 4 is 46.1 Å². The lowest BCUT2D eigenvalue weighted by atomic mass is 10.1. The number of hydrogen-bond donors (Lipinski definition) is 2. The normalized spacial score (nSPS) is 11.2. The predicted molar refractivity (Wildman–Crippen MR) is 132 cm³/mol. The fourth-order valence-electron chi connectivity index (χ4n) is 3.29. The van der Waals surface area contributed by atoms with Crippen LogP contribution in [0.3, 0.4) is 0 Å². The van der Waals surface area contributed by atoms with Crippen molar-refractivity contribution in [3.63, 3.8) is 0 Å². The maximum Gasteiger partial charge on any atom is 0.248 e. The van der Waals surface area contributed by atoms with Crippen LogP contribution in [0.25, 0.3) is 22.9 Å². The summed E-state index contributed by atoms with van der Waals surface area (Å²) >= 11 is 0. The molecule has 4 rings (SSSR count). The van der Waals surface area contributed by atoms with Crippen molar-refractivity contribution in [3.8, 4) is 0 Å². The minimum absolute atomic E-state index is 0.355. The predicted octanol–water partition coefficient (Wildman–Crippen LogP) is 6.42. The summed E-state index contributed by atoms with van der Waals surface area (Å²) in [5.41, 5.74) is 2.20. The summed E-state index contributed by atoms with van der Waals surface area (Å²) in [7, 11) is 0. The zero-order valence-corrected chi connectivity index (χ0v) is 18.0. The fourth-order valence-corrected chi connectivity index (χ4v) is 3.29. The number of benzene rings is 4. The minimum Gasteiger partial charge on any atom is -0.321 e. The summed E-state index contributed by atoms with van der Waals surface area (Å²) in [6.45, 7) is 0. The van der Waals surface area contributed by atoms with Crippen molar-refractivity contribution in [3.05, 3.63) is 120 Å². The number of amides is 2. The number of hydrogen-bond acceptors (Lipinski definition) is 2. The van der Waals surface area contributed by atoms with Gasteiger partial charge >= 0.3 is 0 Å². The highest BCUT2D eigenvalue weighted by molar-refractivity contribution is 6.10. The molecule has 0 saturated carbocycles. The standard InChI is InChI=1S/C28H20F2N2O2/c29-23-11-5-19(6-12-23)9-15-27(33)31-25-17-21-3-1-2-4-22(21)18-26(25)32-28(34)16-10-20-7-13-24(30)14-8-20/h1-18H,(H,31,33)(H,32,34)/b15-9-,16-10-. The molecule has 2 N–H and O–H groups in total. The first kappa shape index (κ1) is 22.6. The van der Waals surface area contributed by atoms with E-state index in [9.17, 15) is 18.4 Å². The summed E-state index contributed by atoms with van der Waals surface area (Å²) in [5.74, 6) is -1.52. The number of nitrogens with one attached hydrogen (secondary N) is 2. The molecule has 6 heteroatoms. The Morgan fingerprint density at radius 3 is 1.35 bits per heavy atom. The molecule has 0 aliphatic carbocycles. The first-order valence-electron chi connectivity index (χ1n) is 10.5. The van der Waals surface area contributed by atoms with Gasteiger partial charge in [-0.25, -0.2) is 8.78 Å². The van der Waals surface area contributed by atoms with E-state index in [1.165, 1.54) is 36.4 Å². The zero-order chi connectivity index (χ0) is 23.9. The van der Waals surface area contributed by atoms with Crippen LogP contribution in [0, 0.1) is 11.6 Å². The van der Waals surface area contributed by atoms with Crippen LogP contribution in [0.4, 0.5) is 20.2 Å². The van der Waals surface area contributed by atoms with Crippen LogP contribution in [0.15, 0.2) is 97.1 Å². The van der Waals surface area contributed by atoms with Gasteiger partial charge in [0.2, 0.25) is 11.8 Å². The van der Waals surface area contributed by atoms with Gasteiger partial charge < -0.3 is 10.6 Å². The summed E-state index contributed by atoms with van der Waals surface area (Å²) in [5, 5.41) is 7.36. The van der Waals surface area contributed by atoms with E-state index >= 15 is 0 Å². The summed E-state index contributed by atoms with van der Waals surface area (Å²) < 4.78 is 26.1. The first-order chi connectivity index (χ1) is 16.5. The summed E-state index contributed by atoms with van der Waals surface area (Å²) in [4.78, 5) is 25.1. The maximum atomic E-state index is 13.1. The molecule has 0 fully saturated rings. The molecule has 0 saturated heterocycles. The van der Waals surface area contributed by atoms with Crippen LogP contribution < -0.4 is 10.6 Å². The van der Waals surface area contributed by atoms with E-state index in [-0.39, 0.29) is 11.6 Å². The van der Waals surface area contributed by atoms with Gasteiger partial charge in [0.1, 0.15) is 11.6 Å². The van der Waals surface area contributed by atoms with Crippen LogP contribution in [0.2, 0.25) is 0 Å². The average Bonchev–Trinajstić information content (AvgIpc) is 2.84. The van der Waals surface area contributed by atoms with E-state index in [0.29, 0.717) is 22.5 Å². The van der Waals surface area contributed by atoms with Gasteiger partial charge in [0.05, 0.1) is 11.4 Å². The molecule has 0 bridgehead atoms. The van der Waals surface area contributed by atoms with Crippen LogP contribution in [-0.4, -0.2) is 11.8 Å². The molecule has 0 aliphatic rings. The van der Waals surface area contributed by atoms with E-state index in [1.54, 1.807) is 48.6 Å². The van der Waals surface area contributed by atoms with E-state index in [4.69, 9.17) is 0 Å². The van der Waals surface area contributed by atoms with Gasteiger partial charge in [-0.05, 0) is 70.4 Å². The molecule has 34 heavy (non-hydrogen) atoms. The Morgan fingerprint density at radius 1 is 0.588 bits per heavy atom. The molecule has 0 heterocycles. The Labute approximate surface area is 195 Å². The fraction of sp³-hybridized carbons (Fsp3) is 0. The smallest absolute Gasteiger partial charge is 0.248 e. The van der Waals surface area contributed by atoms with Gasteiger partial charge in [0, 0.05) is 12.2 Å². The first-order valence-corrected chi connectivity index (χ1v) is 10.5. The molecular weight excluding hydrogens is 434 g/mol. The van der Waals surface area contributed by atoms with Gasteiger partial charge in [0.25, 0.3) is 0 Å². The second-order valence-corrected chi connectivity index (χ2v) is 7.49. The number of fused-ring (bicyclic) bond motifs is 1. The Bertz CT molecular complexity index is 1280. The lowest BCUT2D eigenvalue weighted by Gasteiger charge is -2.12. The third-order valence-electron chi connectivity index (χ3n) is 5.00. The van der Waals surface area contributed by atoms with Crippen molar-refractivity contribution in [2.45, 2.75) is 0 Å².